The summed E-state index contributed by atoms with van der Waals surface area (Å²) in [7, 11) is 0. The van der Waals surface area contributed by atoms with Crippen molar-refractivity contribution < 1.29 is 9.53 Å². The van der Waals surface area contributed by atoms with Gasteiger partial charge in [0.1, 0.15) is 0 Å². The van der Waals surface area contributed by atoms with E-state index in [2.05, 4.69) is 17.6 Å². The highest BCUT2D eigenvalue weighted by atomic mass is 16.5. The van der Waals surface area contributed by atoms with Gasteiger partial charge in [-0.2, -0.15) is 0 Å². The smallest absolute Gasteiger partial charge is 0.319 e. The van der Waals surface area contributed by atoms with Gasteiger partial charge in [0, 0.05) is 12.2 Å². The lowest BCUT2D eigenvalue weighted by molar-refractivity contribution is 0.0657. The Bertz CT molecular complexity index is 391. The highest BCUT2D eigenvalue weighted by Crippen LogP contribution is 2.12. The predicted molar refractivity (Wildman–Crippen MR) is 78.3 cm³/mol. The van der Waals surface area contributed by atoms with Crippen molar-refractivity contribution in [3.8, 4) is 0 Å². The first-order valence-electron chi connectivity index (χ1n) is 6.87. The monoisotopic (exact) mass is 264 g/mol. The van der Waals surface area contributed by atoms with Gasteiger partial charge in [0.25, 0.3) is 0 Å². The fourth-order valence-corrected chi connectivity index (χ4v) is 1.56. The van der Waals surface area contributed by atoms with Crippen LogP contribution in [0, 0.1) is 0 Å². The Balaban J connectivity index is 2.45. The van der Waals surface area contributed by atoms with E-state index in [0.717, 1.165) is 24.1 Å². The third kappa shape index (κ3) is 6.82. The summed E-state index contributed by atoms with van der Waals surface area (Å²) in [5.41, 5.74) is 1.85. The number of benzene rings is 1. The fraction of sp³-hybridized carbons (Fsp3) is 0.533. The average Bonchev–Trinajstić information content (AvgIpc) is 2.37. The third-order valence-electron chi connectivity index (χ3n) is 2.58. The molecule has 0 aliphatic carbocycles. The zero-order chi connectivity index (χ0) is 14.1. The van der Waals surface area contributed by atoms with Crippen LogP contribution in [0.3, 0.4) is 0 Å². The Kier molecular flexibility index (Phi) is 6.97. The summed E-state index contributed by atoms with van der Waals surface area (Å²) in [4.78, 5) is 11.6. The molecule has 1 rings (SSSR count). The van der Waals surface area contributed by atoms with Gasteiger partial charge in [-0.15, -0.1) is 0 Å². The van der Waals surface area contributed by atoms with Crippen LogP contribution in [0.25, 0.3) is 0 Å². The quantitative estimate of drug-likeness (QED) is 0.740. The van der Waals surface area contributed by atoms with Crippen LogP contribution < -0.4 is 10.6 Å². The molecule has 0 spiro atoms. The standard InChI is InChI=1S/C15H24N2O2/c1-4-5-9-16-15(18)17-14-8-6-7-13(10-14)11-19-12(2)3/h6-8,10,12H,4-5,9,11H2,1-3H3,(H2,16,17,18). The number of hydrogen-bond acceptors (Lipinski definition) is 2. The molecule has 0 aliphatic heterocycles. The molecule has 0 aromatic heterocycles. The Morgan fingerprint density at radius 3 is 2.84 bits per heavy atom. The molecule has 0 radical (unpaired) electrons. The first-order chi connectivity index (χ1) is 9.11. The molecule has 1 aromatic rings. The molecule has 19 heavy (non-hydrogen) atoms. The maximum Gasteiger partial charge on any atom is 0.319 e. The minimum Gasteiger partial charge on any atom is -0.374 e. The van der Waals surface area contributed by atoms with Gasteiger partial charge in [-0.05, 0) is 38.0 Å². The summed E-state index contributed by atoms with van der Waals surface area (Å²) in [6, 6.07) is 7.55. The van der Waals surface area contributed by atoms with Gasteiger partial charge >= 0.3 is 6.03 Å². The minimum absolute atomic E-state index is 0.157. The molecule has 2 amide bonds. The zero-order valence-corrected chi connectivity index (χ0v) is 12.0. The number of unbranched alkanes of at least 4 members (excludes halogenated alkanes) is 1. The van der Waals surface area contributed by atoms with Crippen LogP contribution in [0.15, 0.2) is 24.3 Å². The molecular weight excluding hydrogens is 240 g/mol. The van der Waals surface area contributed by atoms with Gasteiger partial charge in [-0.3, -0.25) is 0 Å². The van der Waals surface area contributed by atoms with Crippen molar-refractivity contribution in [1.82, 2.24) is 5.32 Å². The van der Waals surface area contributed by atoms with E-state index >= 15 is 0 Å². The summed E-state index contributed by atoms with van der Waals surface area (Å²) >= 11 is 0. The lowest BCUT2D eigenvalue weighted by atomic mass is 10.2. The van der Waals surface area contributed by atoms with Gasteiger partial charge in [0.15, 0.2) is 0 Å². The van der Waals surface area contributed by atoms with E-state index in [4.69, 9.17) is 4.74 Å². The van der Waals surface area contributed by atoms with Crippen LogP contribution in [0.1, 0.15) is 39.2 Å². The van der Waals surface area contributed by atoms with E-state index in [9.17, 15) is 4.79 Å². The average molecular weight is 264 g/mol. The van der Waals surface area contributed by atoms with Gasteiger partial charge in [-0.1, -0.05) is 25.5 Å². The Labute approximate surface area is 115 Å². The number of rotatable bonds is 7. The second kappa shape index (κ2) is 8.53. The van der Waals surface area contributed by atoms with E-state index in [0.29, 0.717) is 13.2 Å². The molecular formula is C15H24N2O2. The van der Waals surface area contributed by atoms with Crippen LogP contribution in [-0.2, 0) is 11.3 Å². The van der Waals surface area contributed by atoms with Crippen molar-refractivity contribution in [2.45, 2.75) is 46.3 Å². The molecule has 0 unspecified atom stereocenters. The van der Waals surface area contributed by atoms with Gasteiger partial charge < -0.3 is 15.4 Å². The molecule has 0 aliphatic rings. The maximum absolute atomic E-state index is 11.6. The van der Waals surface area contributed by atoms with E-state index in [1.807, 2.05) is 38.1 Å². The molecule has 1 aromatic carbocycles. The van der Waals surface area contributed by atoms with Crippen molar-refractivity contribution in [2.75, 3.05) is 11.9 Å². The summed E-state index contributed by atoms with van der Waals surface area (Å²) in [6.45, 7) is 7.37. The van der Waals surface area contributed by atoms with Gasteiger partial charge in [0.05, 0.1) is 12.7 Å². The first-order valence-corrected chi connectivity index (χ1v) is 6.87. The molecule has 0 saturated carbocycles. The lowest BCUT2D eigenvalue weighted by Crippen LogP contribution is -2.29. The van der Waals surface area contributed by atoms with E-state index in [-0.39, 0.29) is 12.1 Å². The summed E-state index contributed by atoms with van der Waals surface area (Å²) in [6.07, 6.45) is 2.27. The number of carbonyl (C=O) groups excluding carboxylic acids is 1. The highest BCUT2D eigenvalue weighted by molar-refractivity contribution is 5.89. The molecule has 0 saturated heterocycles. The van der Waals surface area contributed by atoms with Crippen molar-refractivity contribution in [1.29, 1.82) is 0 Å². The van der Waals surface area contributed by atoms with Crippen LogP contribution in [0.4, 0.5) is 10.5 Å². The number of anilines is 1. The lowest BCUT2D eigenvalue weighted by Gasteiger charge is -2.10. The topological polar surface area (TPSA) is 50.4 Å². The Morgan fingerprint density at radius 2 is 2.16 bits per heavy atom. The summed E-state index contributed by atoms with van der Waals surface area (Å²) < 4.78 is 5.54. The molecule has 4 nitrogen and oxygen atoms in total. The van der Waals surface area contributed by atoms with Crippen molar-refractivity contribution in [2.24, 2.45) is 0 Å². The zero-order valence-electron chi connectivity index (χ0n) is 12.0. The first kappa shape index (κ1) is 15.5. The van der Waals surface area contributed by atoms with E-state index in [1.54, 1.807) is 0 Å². The van der Waals surface area contributed by atoms with Crippen molar-refractivity contribution >= 4 is 11.7 Å². The molecule has 4 heteroatoms. The van der Waals surface area contributed by atoms with Gasteiger partial charge in [-0.25, -0.2) is 4.79 Å². The summed E-state index contributed by atoms with van der Waals surface area (Å²) in [5, 5.41) is 5.64. The second-order valence-corrected chi connectivity index (χ2v) is 4.79. The highest BCUT2D eigenvalue weighted by Gasteiger charge is 2.02. The van der Waals surface area contributed by atoms with Gasteiger partial charge in [0.2, 0.25) is 0 Å². The van der Waals surface area contributed by atoms with Crippen LogP contribution in [0.2, 0.25) is 0 Å². The maximum atomic E-state index is 11.6. The normalized spacial score (nSPS) is 10.5. The van der Waals surface area contributed by atoms with Crippen molar-refractivity contribution in [3.05, 3.63) is 29.8 Å². The third-order valence-corrected chi connectivity index (χ3v) is 2.58. The molecule has 2 N–H and O–H groups in total. The number of carbonyl (C=O) groups is 1. The van der Waals surface area contributed by atoms with Crippen LogP contribution >= 0.6 is 0 Å². The predicted octanol–water partition coefficient (Wildman–Crippen LogP) is 3.53. The second-order valence-electron chi connectivity index (χ2n) is 4.79. The van der Waals surface area contributed by atoms with E-state index < -0.39 is 0 Å². The van der Waals surface area contributed by atoms with E-state index in [1.165, 1.54) is 0 Å². The molecule has 0 fully saturated rings. The molecule has 106 valence electrons. The van der Waals surface area contributed by atoms with Crippen LogP contribution in [0.5, 0.6) is 0 Å². The molecule has 0 heterocycles. The fourth-order valence-electron chi connectivity index (χ4n) is 1.56. The number of hydrogen-bond donors (Lipinski definition) is 2. The molecule has 0 bridgehead atoms. The summed E-state index contributed by atoms with van der Waals surface area (Å²) in [5.74, 6) is 0. The Morgan fingerprint density at radius 1 is 1.37 bits per heavy atom. The number of nitrogens with one attached hydrogen (secondary N) is 2. The van der Waals surface area contributed by atoms with Crippen molar-refractivity contribution in [3.63, 3.8) is 0 Å². The number of urea groups is 1. The largest absolute Gasteiger partial charge is 0.374 e. The molecule has 0 atom stereocenters. The van der Waals surface area contributed by atoms with Crippen LogP contribution in [-0.4, -0.2) is 18.7 Å². The SMILES string of the molecule is CCCCNC(=O)Nc1cccc(COC(C)C)c1. The Hall–Kier alpha value is -1.55. The minimum atomic E-state index is -0.157. The number of amides is 2. The number of ether oxygens (including phenoxy) is 1.